The van der Waals surface area contributed by atoms with Crippen molar-refractivity contribution in [3.05, 3.63) is 59.4 Å². The highest BCUT2D eigenvalue weighted by Gasteiger charge is 2.31. The highest BCUT2D eigenvalue weighted by molar-refractivity contribution is 5.75. The number of hydrogen-bond acceptors (Lipinski definition) is 2. The second-order valence-electron chi connectivity index (χ2n) is 4.96. The summed E-state index contributed by atoms with van der Waals surface area (Å²) < 4.78 is 39.9. The summed E-state index contributed by atoms with van der Waals surface area (Å²) in [7, 11) is 1.82. The van der Waals surface area contributed by atoms with Gasteiger partial charge in [0.05, 0.1) is 5.56 Å². The van der Waals surface area contributed by atoms with Crippen LogP contribution in [0.25, 0.3) is 0 Å². The van der Waals surface area contributed by atoms with Crippen LogP contribution in [0.5, 0.6) is 0 Å². The number of rotatable bonds is 5. The fourth-order valence-electron chi connectivity index (χ4n) is 2.13. The van der Waals surface area contributed by atoms with Crippen molar-refractivity contribution in [3.63, 3.8) is 0 Å². The van der Waals surface area contributed by atoms with E-state index < -0.39 is 23.8 Å². The lowest BCUT2D eigenvalue weighted by Gasteiger charge is -2.16. The van der Waals surface area contributed by atoms with Crippen LogP contribution in [-0.2, 0) is 24.6 Å². The van der Waals surface area contributed by atoms with E-state index in [1.807, 2.05) is 7.05 Å². The maximum Gasteiger partial charge on any atom is 0.416 e. The number of hydrogen-bond donors (Lipinski definition) is 2. The summed E-state index contributed by atoms with van der Waals surface area (Å²) >= 11 is 0. The average molecular weight is 312 g/mol. The van der Waals surface area contributed by atoms with Gasteiger partial charge in [0.15, 0.2) is 0 Å². The van der Waals surface area contributed by atoms with Gasteiger partial charge in [0.1, 0.15) is 6.04 Å². The Morgan fingerprint density at radius 2 is 2.09 bits per heavy atom. The highest BCUT2D eigenvalue weighted by Crippen LogP contribution is 2.30. The van der Waals surface area contributed by atoms with Crippen molar-refractivity contribution < 1.29 is 23.1 Å². The van der Waals surface area contributed by atoms with Crippen molar-refractivity contribution in [2.75, 3.05) is 0 Å². The Morgan fingerprint density at radius 1 is 1.36 bits per heavy atom. The molecule has 2 aromatic rings. The average Bonchev–Trinajstić information content (AvgIpc) is 2.84. The molecule has 2 rings (SSSR count). The van der Waals surface area contributed by atoms with Crippen LogP contribution in [0, 0.1) is 0 Å². The molecular weight excluding hydrogens is 297 g/mol. The van der Waals surface area contributed by atoms with Gasteiger partial charge in [-0.3, -0.25) is 10.1 Å². The molecular formula is C15H15F3N2O2. The summed E-state index contributed by atoms with van der Waals surface area (Å²) in [5.41, 5.74) is 0.0525. The molecule has 118 valence electrons. The van der Waals surface area contributed by atoms with Crippen molar-refractivity contribution in [1.29, 1.82) is 0 Å². The highest BCUT2D eigenvalue weighted by atomic mass is 19.4. The van der Waals surface area contributed by atoms with Crippen LogP contribution in [0.15, 0.2) is 42.7 Å². The SMILES string of the molecule is Cn1ccc(CNC(C(=O)O)c2cccc(C(F)(F)F)c2)c1. The van der Waals surface area contributed by atoms with Gasteiger partial charge in [-0.15, -0.1) is 0 Å². The Balaban J connectivity index is 2.19. The van der Waals surface area contributed by atoms with Crippen LogP contribution < -0.4 is 5.32 Å². The lowest BCUT2D eigenvalue weighted by atomic mass is 10.0. The van der Waals surface area contributed by atoms with Gasteiger partial charge in [-0.2, -0.15) is 13.2 Å². The van der Waals surface area contributed by atoms with Crippen LogP contribution in [-0.4, -0.2) is 15.6 Å². The summed E-state index contributed by atoms with van der Waals surface area (Å²) in [5, 5.41) is 12.0. The van der Waals surface area contributed by atoms with E-state index in [4.69, 9.17) is 0 Å². The number of aryl methyl sites for hydroxylation is 1. The second-order valence-corrected chi connectivity index (χ2v) is 4.96. The maximum absolute atomic E-state index is 12.7. The number of aliphatic carboxylic acids is 1. The molecule has 0 spiro atoms. The van der Waals surface area contributed by atoms with E-state index in [1.54, 1.807) is 23.0 Å². The molecule has 0 saturated carbocycles. The molecule has 0 bridgehead atoms. The third-order valence-corrected chi connectivity index (χ3v) is 3.20. The van der Waals surface area contributed by atoms with Crippen molar-refractivity contribution in [2.24, 2.45) is 7.05 Å². The van der Waals surface area contributed by atoms with E-state index in [0.29, 0.717) is 0 Å². The number of aromatic nitrogens is 1. The number of halogens is 3. The van der Waals surface area contributed by atoms with Gasteiger partial charge >= 0.3 is 12.1 Å². The molecule has 1 aromatic heterocycles. The van der Waals surface area contributed by atoms with Gasteiger partial charge < -0.3 is 9.67 Å². The standard InChI is InChI=1S/C15H15F3N2O2/c1-20-6-5-10(9-20)8-19-13(14(21)22)11-3-2-4-12(7-11)15(16,17)18/h2-7,9,13,19H,8H2,1H3,(H,21,22). The van der Waals surface area contributed by atoms with E-state index in [1.165, 1.54) is 12.1 Å². The predicted molar refractivity (Wildman–Crippen MR) is 74.1 cm³/mol. The van der Waals surface area contributed by atoms with Crippen LogP contribution in [0.4, 0.5) is 13.2 Å². The van der Waals surface area contributed by atoms with Gasteiger partial charge in [0, 0.05) is 26.0 Å². The zero-order valence-corrected chi connectivity index (χ0v) is 11.8. The number of benzene rings is 1. The molecule has 0 radical (unpaired) electrons. The van der Waals surface area contributed by atoms with Crippen LogP contribution in [0.1, 0.15) is 22.7 Å². The molecule has 0 amide bonds. The van der Waals surface area contributed by atoms with Gasteiger partial charge in [0.2, 0.25) is 0 Å². The molecule has 4 nitrogen and oxygen atoms in total. The minimum atomic E-state index is -4.50. The van der Waals surface area contributed by atoms with Gasteiger partial charge in [-0.1, -0.05) is 12.1 Å². The van der Waals surface area contributed by atoms with Crippen LogP contribution >= 0.6 is 0 Å². The minimum absolute atomic E-state index is 0.0678. The summed E-state index contributed by atoms with van der Waals surface area (Å²) in [4.78, 5) is 11.3. The summed E-state index contributed by atoms with van der Waals surface area (Å²) in [6.07, 6.45) is -0.895. The number of carboxylic acid groups (broad SMARTS) is 1. The Bertz CT molecular complexity index is 665. The number of nitrogens with one attached hydrogen (secondary N) is 1. The minimum Gasteiger partial charge on any atom is -0.480 e. The van der Waals surface area contributed by atoms with Crippen molar-refractivity contribution in [3.8, 4) is 0 Å². The molecule has 0 aliphatic rings. The summed E-state index contributed by atoms with van der Waals surface area (Å²) in [6.45, 7) is 0.244. The van der Waals surface area contributed by atoms with Crippen molar-refractivity contribution in [1.82, 2.24) is 9.88 Å². The molecule has 1 aromatic carbocycles. The first kappa shape index (κ1) is 16.1. The number of alkyl halides is 3. The van der Waals surface area contributed by atoms with Crippen molar-refractivity contribution >= 4 is 5.97 Å². The quantitative estimate of drug-likeness (QED) is 0.892. The lowest BCUT2D eigenvalue weighted by Crippen LogP contribution is -2.28. The molecule has 0 aliphatic carbocycles. The van der Waals surface area contributed by atoms with E-state index in [9.17, 15) is 23.1 Å². The number of nitrogens with zero attached hydrogens (tertiary/aromatic N) is 1. The Morgan fingerprint density at radius 3 is 2.64 bits per heavy atom. The number of carboxylic acids is 1. The first-order valence-corrected chi connectivity index (χ1v) is 6.51. The molecule has 0 aliphatic heterocycles. The molecule has 0 saturated heterocycles. The molecule has 22 heavy (non-hydrogen) atoms. The van der Waals surface area contributed by atoms with Gasteiger partial charge in [0.25, 0.3) is 0 Å². The zero-order valence-electron chi connectivity index (χ0n) is 11.8. The number of carbonyl (C=O) groups is 1. The molecule has 2 N–H and O–H groups in total. The van der Waals surface area contributed by atoms with Crippen LogP contribution in [0.2, 0.25) is 0 Å². The van der Waals surface area contributed by atoms with Gasteiger partial charge in [-0.05, 0) is 29.3 Å². The first-order chi connectivity index (χ1) is 10.3. The molecule has 1 atom stereocenters. The lowest BCUT2D eigenvalue weighted by molar-refractivity contribution is -0.140. The van der Waals surface area contributed by atoms with Crippen LogP contribution in [0.3, 0.4) is 0 Å². The molecule has 1 unspecified atom stereocenters. The smallest absolute Gasteiger partial charge is 0.416 e. The Hall–Kier alpha value is -2.28. The fraction of sp³-hybridized carbons (Fsp3) is 0.267. The summed E-state index contributed by atoms with van der Waals surface area (Å²) in [5.74, 6) is -1.23. The largest absolute Gasteiger partial charge is 0.480 e. The molecule has 1 heterocycles. The van der Waals surface area contributed by atoms with E-state index >= 15 is 0 Å². The van der Waals surface area contributed by atoms with E-state index in [0.717, 1.165) is 17.7 Å². The normalized spacial score (nSPS) is 13.1. The monoisotopic (exact) mass is 312 g/mol. The van der Waals surface area contributed by atoms with E-state index in [-0.39, 0.29) is 12.1 Å². The maximum atomic E-state index is 12.7. The molecule has 0 fully saturated rings. The Labute approximate surface area is 125 Å². The van der Waals surface area contributed by atoms with Gasteiger partial charge in [-0.25, -0.2) is 0 Å². The zero-order chi connectivity index (χ0) is 16.3. The van der Waals surface area contributed by atoms with Crippen molar-refractivity contribution in [2.45, 2.75) is 18.8 Å². The second kappa shape index (κ2) is 6.23. The molecule has 7 heteroatoms. The Kier molecular flexibility index (Phi) is 4.56. The first-order valence-electron chi connectivity index (χ1n) is 6.51. The fourth-order valence-corrected chi connectivity index (χ4v) is 2.13. The third-order valence-electron chi connectivity index (χ3n) is 3.20. The topological polar surface area (TPSA) is 54.3 Å². The third kappa shape index (κ3) is 3.88. The summed E-state index contributed by atoms with van der Waals surface area (Å²) in [6, 6.07) is 4.95. The van der Waals surface area contributed by atoms with E-state index in [2.05, 4.69) is 5.32 Å². The predicted octanol–water partition coefficient (Wildman–Crippen LogP) is 2.96.